The van der Waals surface area contributed by atoms with Crippen LogP contribution in [0.5, 0.6) is 0 Å². The molecule has 1 saturated heterocycles. The molecule has 0 bridgehead atoms. The molecule has 1 aliphatic carbocycles. The van der Waals surface area contributed by atoms with Gasteiger partial charge in [-0.2, -0.15) is 4.31 Å². The van der Waals surface area contributed by atoms with Gasteiger partial charge in [-0.15, -0.1) is 0 Å². The summed E-state index contributed by atoms with van der Waals surface area (Å²) in [6.45, 7) is 2.82. The SMILES string of the molecule is Cc1cccc(S(=O)(=O)N2CCC(NC(=O)C3CCC3)CC2)c1. The average Bonchev–Trinajstić information content (AvgIpc) is 2.46. The van der Waals surface area contributed by atoms with E-state index in [4.69, 9.17) is 0 Å². The van der Waals surface area contributed by atoms with E-state index in [1.807, 2.05) is 13.0 Å². The van der Waals surface area contributed by atoms with Crippen molar-refractivity contribution in [1.29, 1.82) is 0 Å². The molecule has 0 aromatic heterocycles. The highest BCUT2D eigenvalue weighted by Gasteiger charge is 2.32. The molecule has 2 fully saturated rings. The fraction of sp³-hybridized carbons (Fsp3) is 0.588. The highest BCUT2D eigenvalue weighted by molar-refractivity contribution is 7.89. The number of hydrogen-bond donors (Lipinski definition) is 1. The number of rotatable bonds is 4. The van der Waals surface area contributed by atoms with Crippen LogP contribution in [0.15, 0.2) is 29.2 Å². The first-order valence-electron chi connectivity index (χ1n) is 8.34. The summed E-state index contributed by atoms with van der Waals surface area (Å²) in [6.07, 6.45) is 4.50. The summed E-state index contributed by atoms with van der Waals surface area (Å²) in [4.78, 5) is 12.3. The van der Waals surface area contributed by atoms with Gasteiger partial charge in [0.2, 0.25) is 15.9 Å². The Balaban J connectivity index is 1.58. The zero-order chi connectivity index (χ0) is 16.4. The summed E-state index contributed by atoms with van der Waals surface area (Å²) in [6, 6.07) is 7.12. The molecule has 3 rings (SSSR count). The van der Waals surface area contributed by atoms with Crippen molar-refractivity contribution in [3.05, 3.63) is 29.8 Å². The van der Waals surface area contributed by atoms with Crippen LogP contribution in [0.4, 0.5) is 0 Å². The number of carbonyl (C=O) groups is 1. The van der Waals surface area contributed by atoms with E-state index in [1.54, 1.807) is 18.2 Å². The average molecular weight is 336 g/mol. The Morgan fingerprint density at radius 3 is 2.43 bits per heavy atom. The van der Waals surface area contributed by atoms with E-state index in [9.17, 15) is 13.2 Å². The molecule has 126 valence electrons. The quantitative estimate of drug-likeness (QED) is 0.915. The number of hydrogen-bond acceptors (Lipinski definition) is 3. The lowest BCUT2D eigenvalue weighted by Gasteiger charge is -2.33. The van der Waals surface area contributed by atoms with Crippen molar-refractivity contribution < 1.29 is 13.2 Å². The number of nitrogens with one attached hydrogen (secondary N) is 1. The summed E-state index contributed by atoms with van der Waals surface area (Å²) in [7, 11) is -3.43. The molecule has 0 atom stereocenters. The van der Waals surface area contributed by atoms with Gasteiger partial charge >= 0.3 is 0 Å². The number of nitrogens with zero attached hydrogens (tertiary/aromatic N) is 1. The first-order chi connectivity index (χ1) is 11.0. The van der Waals surface area contributed by atoms with Gasteiger partial charge in [-0.3, -0.25) is 4.79 Å². The third-order valence-electron chi connectivity index (χ3n) is 4.90. The molecule has 0 radical (unpaired) electrons. The standard InChI is InChI=1S/C17H24N2O3S/c1-13-4-2-7-16(12-13)23(21,22)19-10-8-15(9-11-19)18-17(20)14-5-3-6-14/h2,4,7,12,14-15H,3,5-6,8-11H2,1H3,(H,18,20). The number of benzene rings is 1. The van der Waals surface area contributed by atoms with E-state index >= 15 is 0 Å². The monoisotopic (exact) mass is 336 g/mol. The second-order valence-electron chi connectivity index (χ2n) is 6.63. The van der Waals surface area contributed by atoms with Crippen LogP contribution >= 0.6 is 0 Å². The molecule has 0 unspecified atom stereocenters. The van der Waals surface area contributed by atoms with E-state index < -0.39 is 10.0 Å². The van der Waals surface area contributed by atoms with Crippen molar-refractivity contribution in [2.24, 2.45) is 5.92 Å². The topological polar surface area (TPSA) is 66.5 Å². The summed E-state index contributed by atoms with van der Waals surface area (Å²) < 4.78 is 26.9. The first kappa shape index (κ1) is 16.5. The molecule has 1 saturated carbocycles. The van der Waals surface area contributed by atoms with Crippen LogP contribution in [0.25, 0.3) is 0 Å². The first-order valence-corrected chi connectivity index (χ1v) is 9.78. The molecule has 1 aromatic carbocycles. The Kier molecular flexibility index (Phi) is 4.73. The molecular weight excluding hydrogens is 312 g/mol. The summed E-state index contributed by atoms with van der Waals surface area (Å²) in [5.41, 5.74) is 0.939. The lowest BCUT2D eigenvalue weighted by atomic mass is 9.84. The Labute approximate surface area is 138 Å². The lowest BCUT2D eigenvalue weighted by molar-refractivity contribution is -0.128. The zero-order valence-electron chi connectivity index (χ0n) is 13.5. The van der Waals surface area contributed by atoms with Crippen LogP contribution in [0.1, 0.15) is 37.7 Å². The second-order valence-corrected chi connectivity index (χ2v) is 8.57. The Hall–Kier alpha value is -1.40. The zero-order valence-corrected chi connectivity index (χ0v) is 14.3. The van der Waals surface area contributed by atoms with Gasteiger partial charge in [0.1, 0.15) is 0 Å². The van der Waals surface area contributed by atoms with Gasteiger partial charge in [0.15, 0.2) is 0 Å². The molecule has 23 heavy (non-hydrogen) atoms. The van der Waals surface area contributed by atoms with Crippen molar-refractivity contribution in [3.8, 4) is 0 Å². The number of carbonyl (C=O) groups excluding carboxylic acids is 1. The van der Waals surface area contributed by atoms with E-state index in [-0.39, 0.29) is 17.9 Å². The van der Waals surface area contributed by atoms with Crippen molar-refractivity contribution in [2.75, 3.05) is 13.1 Å². The van der Waals surface area contributed by atoms with E-state index in [1.165, 1.54) is 4.31 Å². The highest BCUT2D eigenvalue weighted by atomic mass is 32.2. The van der Waals surface area contributed by atoms with Gasteiger partial charge in [-0.05, 0) is 50.3 Å². The third kappa shape index (κ3) is 3.58. The van der Waals surface area contributed by atoms with Crippen LogP contribution < -0.4 is 5.32 Å². The Morgan fingerprint density at radius 1 is 1.17 bits per heavy atom. The maximum absolute atomic E-state index is 12.7. The maximum Gasteiger partial charge on any atom is 0.243 e. The van der Waals surface area contributed by atoms with Crippen LogP contribution in [-0.4, -0.2) is 37.8 Å². The number of piperidine rings is 1. The summed E-state index contributed by atoms with van der Waals surface area (Å²) >= 11 is 0. The van der Waals surface area contributed by atoms with Crippen molar-refractivity contribution >= 4 is 15.9 Å². The number of amides is 1. The predicted molar refractivity (Wildman–Crippen MR) is 88.4 cm³/mol. The van der Waals surface area contributed by atoms with Crippen molar-refractivity contribution in [2.45, 2.75) is 50.0 Å². The summed E-state index contributed by atoms with van der Waals surface area (Å²) in [5.74, 6) is 0.334. The fourth-order valence-corrected chi connectivity index (χ4v) is 4.73. The van der Waals surface area contributed by atoms with Crippen LogP contribution in [-0.2, 0) is 14.8 Å². The molecule has 1 aromatic rings. The van der Waals surface area contributed by atoms with Gasteiger partial charge in [-0.25, -0.2) is 8.42 Å². The minimum Gasteiger partial charge on any atom is -0.353 e. The number of aryl methyl sites for hydroxylation is 1. The third-order valence-corrected chi connectivity index (χ3v) is 6.80. The van der Waals surface area contributed by atoms with Gasteiger partial charge < -0.3 is 5.32 Å². The molecule has 1 aliphatic heterocycles. The van der Waals surface area contributed by atoms with Gasteiger partial charge in [0.05, 0.1) is 4.90 Å². The molecule has 6 heteroatoms. The van der Waals surface area contributed by atoms with Crippen LogP contribution in [0.2, 0.25) is 0 Å². The van der Waals surface area contributed by atoms with Crippen LogP contribution in [0, 0.1) is 12.8 Å². The minimum atomic E-state index is -3.43. The molecule has 1 amide bonds. The molecule has 1 N–H and O–H groups in total. The van der Waals surface area contributed by atoms with Crippen molar-refractivity contribution in [1.82, 2.24) is 9.62 Å². The summed E-state index contributed by atoms with van der Waals surface area (Å²) in [5, 5.41) is 3.08. The van der Waals surface area contributed by atoms with Crippen molar-refractivity contribution in [3.63, 3.8) is 0 Å². The normalized spacial score (nSPS) is 20.9. The fourth-order valence-electron chi connectivity index (χ4n) is 3.15. The number of sulfonamides is 1. The minimum absolute atomic E-state index is 0.104. The second kappa shape index (κ2) is 6.61. The molecule has 0 spiro atoms. The maximum atomic E-state index is 12.7. The van der Waals surface area contributed by atoms with Crippen LogP contribution in [0.3, 0.4) is 0 Å². The Morgan fingerprint density at radius 2 is 1.87 bits per heavy atom. The van der Waals surface area contributed by atoms with Gasteiger partial charge in [0.25, 0.3) is 0 Å². The van der Waals surface area contributed by atoms with Gasteiger partial charge in [0, 0.05) is 25.0 Å². The lowest BCUT2D eigenvalue weighted by Crippen LogP contribution is -2.48. The van der Waals surface area contributed by atoms with Gasteiger partial charge in [-0.1, -0.05) is 18.6 Å². The molecule has 5 nitrogen and oxygen atoms in total. The largest absolute Gasteiger partial charge is 0.353 e. The highest BCUT2D eigenvalue weighted by Crippen LogP contribution is 2.27. The predicted octanol–water partition coefficient (Wildman–Crippen LogP) is 2.06. The molecule has 1 heterocycles. The molecule has 2 aliphatic rings. The Bertz CT molecular complexity index is 675. The smallest absolute Gasteiger partial charge is 0.243 e. The van der Waals surface area contributed by atoms with E-state index in [0.717, 1.165) is 24.8 Å². The molecular formula is C17H24N2O3S. The van der Waals surface area contributed by atoms with E-state index in [2.05, 4.69) is 5.32 Å². The van der Waals surface area contributed by atoms with E-state index in [0.29, 0.717) is 30.8 Å².